The van der Waals surface area contributed by atoms with Gasteiger partial charge in [-0.25, -0.2) is 14.2 Å². The fourth-order valence-electron chi connectivity index (χ4n) is 2.20. The Labute approximate surface area is 138 Å². The van der Waals surface area contributed by atoms with Crippen LogP contribution in [0.3, 0.4) is 0 Å². The molecule has 0 fully saturated rings. The second kappa shape index (κ2) is 7.96. The molecule has 2 rings (SSSR count). The Kier molecular flexibility index (Phi) is 5.73. The van der Waals surface area contributed by atoms with Crippen LogP contribution in [0.1, 0.15) is 24.6 Å². The molecule has 0 atom stereocenters. The van der Waals surface area contributed by atoms with Crippen LogP contribution in [0.5, 0.6) is 0 Å². The van der Waals surface area contributed by atoms with E-state index in [4.69, 9.17) is 4.74 Å². The smallest absolute Gasteiger partial charge is 0.418 e. The number of carbonyl (C=O) groups is 2. The first kappa shape index (κ1) is 17.3. The summed E-state index contributed by atoms with van der Waals surface area (Å²) in [5, 5.41) is 11.5. The summed E-state index contributed by atoms with van der Waals surface area (Å²) in [4.78, 5) is 35.3. The largest absolute Gasteiger partial charge is 0.464 e. The Balaban J connectivity index is 2.12. The van der Waals surface area contributed by atoms with E-state index in [1.807, 2.05) is 25.1 Å². The number of nitrogens with one attached hydrogen (secondary N) is 1. The van der Waals surface area contributed by atoms with Crippen molar-refractivity contribution in [2.45, 2.75) is 26.4 Å². The zero-order valence-electron chi connectivity index (χ0n) is 13.2. The van der Waals surface area contributed by atoms with E-state index in [1.54, 1.807) is 12.1 Å². The van der Waals surface area contributed by atoms with Gasteiger partial charge in [0.25, 0.3) is 5.56 Å². The zero-order chi connectivity index (χ0) is 17.5. The lowest BCUT2D eigenvalue weighted by molar-refractivity contribution is 0.155. The second-order valence-corrected chi connectivity index (χ2v) is 5.10. The second-order valence-electron chi connectivity index (χ2n) is 5.10. The fourth-order valence-corrected chi connectivity index (χ4v) is 2.20. The molecule has 2 aromatic rings. The number of rotatable bonds is 5. The van der Waals surface area contributed by atoms with E-state index in [9.17, 15) is 19.5 Å². The van der Waals surface area contributed by atoms with Gasteiger partial charge in [-0.1, -0.05) is 43.7 Å². The number of anilines is 1. The summed E-state index contributed by atoms with van der Waals surface area (Å²) >= 11 is 0. The number of pyridine rings is 1. The molecule has 1 heterocycles. The van der Waals surface area contributed by atoms with Crippen LogP contribution in [0, 0.1) is 0 Å². The Hall–Kier alpha value is -3.09. The highest BCUT2D eigenvalue weighted by molar-refractivity contribution is 5.85. The van der Waals surface area contributed by atoms with Crippen LogP contribution in [0.25, 0.3) is 0 Å². The van der Waals surface area contributed by atoms with Gasteiger partial charge in [-0.2, -0.15) is 0 Å². The Bertz CT molecular complexity index is 783. The normalized spacial score (nSPS) is 10.2. The van der Waals surface area contributed by atoms with Gasteiger partial charge in [-0.15, -0.1) is 0 Å². The molecule has 1 amide bonds. The van der Waals surface area contributed by atoms with Crippen LogP contribution in [-0.2, 0) is 17.8 Å². The number of hydrogen-bond acceptors (Lipinski definition) is 4. The number of aryl methyl sites for hydroxylation is 1. The molecular formula is C17H18N2O5. The summed E-state index contributed by atoms with van der Waals surface area (Å²) in [6.45, 7) is 1.93. The Morgan fingerprint density at radius 2 is 1.88 bits per heavy atom. The van der Waals surface area contributed by atoms with Crippen LogP contribution in [0.2, 0.25) is 0 Å². The van der Waals surface area contributed by atoms with Crippen LogP contribution in [-0.4, -0.2) is 21.9 Å². The number of nitrogens with zero attached hydrogens (tertiary/aromatic N) is 1. The summed E-state index contributed by atoms with van der Waals surface area (Å²) < 4.78 is 5.65. The van der Waals surface area contributed by atoms with Crippen molar-refractivity contribution in [2.75, 3.05) is 5.32 Å². The highest BCUT2D eigenvalue weighted by Gasteiger charge is 2.15. The average Bonchev–Trinajstić information content (AvgIpc) is 2.56. The molecule has 24 heavy (non-hydrogen) atoms. The molecule has 1 aromatic heterocycles. The highest BCUT2D eigenvalue weighted by atomic mass is 16.5. The zero-order valence-corrected chi connectivity index (χ0v) is 13.2. The minimum absolute atomic E-state index is 0.0493. The average molecular weight is 330 g/mol. The van der Waals surface area contributed by atoms with E-state index in [1.165, 1.54) is 12.1 Å². The maximum Gasteiger partial charge on any atom is 0.418 e. The van der Waals surface area contributed by atoms with E-state index < -0.39 is 17.7 Å². The Morgan fingerprint density at radius 1 is 1.17 bits per heavy atom. The molecule has 0 radical (unpaired) electrons. The van der Waals surface area contributed by atoms with E-state index in [-0.39, 0.29) is 12.3 Å². The van der Waals surface area contributed by atoms with Crippen molar-refractivity contribution in [3.05, 3.63) is 64.1 Å². The monoisotopic (exact) mass is 330 g/mol. The van der Waals surface area contributed by atoms with Crippen molar-refractivity contribution in [3.8, 4) is 0 Å². The molecule has 0 unspecified atom stereocenters. The van der Waals surface area contributed by atoms with E-state index in [0.717, 1.165) is 5.56 Å². The maximum absolute atomic E-state index is 12.2. The van der Waals surface area contributed by atoms with Gasteiger partial charge in [0.15, 0.2) is 0 Å². The van der Waals surface area contributed by atoms with Crippen LogP contribution < -0.4 is 10.9 Å². The summed E-state index contributed by atoms with van der Waals surface area (Å²) in [6.07, 6.45) is -1.07. The van der Waals surface area contributed by atoms with Crippen molar-refractivity contribution >= 4 is 17.9 Å². The molecule has 0 aliphatic rings. The summed E-state index contributed by atoms with van der Waals surface area (Å²) in [5.41, 5.74) is 0.229. The van der Waals surface area contributed by atoms with Gasteiger partial charge in [0.05, 0.1) is 0 Å². The molecule has 0 aliphatic carbocycles. The van der Waals surface area contributed by atoms with E-state index in [0.29, 0.717) is 23.1 Å². The minimum Gasteiger partial charge on any atom is -0.464 e. The summed E-state index contributed by atoms with van der Waals surface area (Å²) in [7, 11) is 0. The highest BCUT2D eigenvalue weighted by Crippen LogP contribution is 2.08. The molecule has 2 N–H and O–H groups in total. The van der Waals surface area contributed by atoms with Gasteiger partial charge in [0.2, 0.25) is 0 Å². The third-order valence-corrected chi connectivity index (χ3v) is 3.31. The number of ether oxygens (including phenoxy) is 1. The molecule has 7 nitrogen and oxygen atoms in total. The Morgan fingerprint density at radius 3 is 2.50 bits per heavy atom. The number of benzene rings is 1. The summed E-state index contributed by atoms with van der Waals surface area (Å²) in [5.74, 6) is 0. The van der Waals surface area contributed by atoms with Gasteiger partial charge >= 0.3 is 12.2 Å². The lowest BCUT2D eigenvalue weighted by Crippen LogP contribution is -2.32. The van der Waals surface area contributed by atoms with E-state index in [2.05, 4.69) is 5.32 Å². The summed E-state index contributed by atoms with van der Waals surface area (Å²) in [6, 6.07) is 12.0. The number of hydrogen-bond donors (Lipinski definition) is 2. The molecule has 126 valence electrons. The predicted octanol–water partition coefficient (Wildman–Crippen LogP) is 3.08. The fraction of sp³-hybridized carbons (Fsp3) is 0.235. The van der Waals surface area contributed by atoms with Crippen molar-refractivity contribution in [1.82, 2.24) is 4.57 Å². The first-order chi connectivity index (χ1) is 11.5. The lowest BCUT2D eigenvalue weighted by Gasteiger charge is -2.11. The van der Waals surface area contributed by atoms with Gasteiger partial charge in [-0.3, -0.25) is 10.1 Å². The number of amides is 1. The van der Waals surface area contributed by atoms with Crippen molar-refractivity contribution < 1.29 is 19.4 Å². The predicted molar refractivity (Wildman–Crippen MR) is 88.4 cm³/mol. The molecule has 0 saturated carbocycles. The maximum atomic E-state index is 12.2. The van der Waals surface area contributed by atoms with Crippen LogP contribution in [0.15, 0.2) is 47.3 Å². The third-order valence-electron chi connectivity index (χ3n) is 3.31. The first-order valence-corrected chi connectivity index (χ1v) is 7.49. The molecule has 7 heteroatoms. The van der Waals surface area contributed by atoms with E-state index >= 15 is 0 Å². The molecule has 0 spiro atoms. The molecule has 0 bridgehead atoms. The van der Waals surface area contributed by atoms with Crippen molar-refractivity contribution in [1.29, 1.82) is 0 Å². The minimum atomic E-state index is -1.38. The van der Waals surface area contributed by atoms with Crippen molar-refractivity contribution in [3.63, 3.8) is 0 Å². The standard InChI is InChI=1S/C17H18N2O5/c1-2-6-13-9-10-14(15(20)19(13)17(22)23)18-16(21)24-11-12-7-4-3-5-8-12/h3-5,7-10H,2,6,11H2,1H3,(H,18,21)(H,22,23). The van der Waals surface area contributed by atoms with Crippen LogP contribution >= 0.6 is 0 Å². The van der Waals surface area contributed by atoms with Gasteiger partial charge < -0.3 is 9.84 Å². The molecule has 0 aliphatic heterocycles. The molecule has 0 saturated heterocycles. The van der Waals surface area contributed by atoms with Gasteiger partial charge in [0, 0.05) is 5.69 Å². The van der Waals surface area contributed by atoms with Gasteiger partial charge in [-0.05, 0) is 24.1 Å². The topological polar surface area (TPSA) is 97.6 Å². The lowest BCUT2D eigenvalue weighted by atomic mass is 10.2. The molecular weight excluding hydrogens is 312 g/mol. The quantitative estimate of drug-likeness (QED) is 0.878. The SMILES string of the molecule is CCCc1ccc(NC(=O)OCc2ccccc2)c(=O)n1C(=O)O. The van der Waals surface area contributed by atoms with Gasteiger partial charge in [0.1, 0.15) is 12.3 Å². The molecule has 1 aromatic carbocycles. The third kappa shape index (κ3) is 4.22. The first-order valence-electron chi connectivity index (χ1n) is 7.49. The number of carboxylic acid groups (broad SMARTS) is 1. The number of aromatic nitrogens is 1. The van der Waals surface area contributed by atoms with Crippen LogP contribution in [0.4, 0.5) is 15.3 Å². The van der Waals surface area contributed by atoms with Crippen molar-refractivity contribution in [2.24, 2.45) is 0 Å². The number of carbonyl (C=O) groups excluding carboxylic acids is 1.